The van der Waals surface area contributed by atoms with Crippen molar-refractivity contribution in [1.82, 2.24) is 0 Å². The molecule has 1 aromatic rings. The quantitative estimate of drug-likeness (QED) is 0.519. The first-order chi connectivity index (χ1) is 3.93. The number of hydrogen-bond acceptors (Lipinski definition) is 1. The Labute approximate surface area is 55.9 Å². The van der Waals surface area contributed by atoms with Gasteiger partial charge in [0.1, 0.15) is 8.23 Å². The fourth-order valence-corrected chi connectivity index (χ4v) is 1.38. The van der Waals surface area contributed by atoms with E-state index in [-0.39, 0.29) is 8.23 Å². The molecule has 1 aromatic carbocycles. The zero-order valence-corrected chi connectivity index (χ0v) is 6.34. The van der Waals surface area contributed by atoms with Crippen LogP contribution in [0.4, 0.5) is 0 Å². The summed E-state index contributed by atoms with van der Waals surface area (Å²) in [4.78, 5) is 0. The van der Waals surface area contributed by atoms with Gasteiger partial charge < -0.3 is 0 Å². The van der Waals surface area contributed by atoms with Crippen molar-refractivity contribution in [2.75, 3.05) is 0 Å². The van der Waals surface area contributed by atoms with Crippen molar-refractivity contribution in [3.63, 3.8) is 0 Å². The van der Waals surface area contributed by atoms with Gasteiger partial charge >= 0.3 is 0 Å². The molecule has 0 N–H and O–H groups in total. The molecular weight excluding hydrogens is 132 g/mol. The first kappa shape index (κ1) is 5.79. The van der Waals surface area contributed by atoms with E-state index in [2.05, 4.69) is 12.1 Å². The van der Waals surface area contributed by atoms with E-state index in [0.29, 0.717) is 0 Å². The second kappa shape index (κ2) is 2.84. The van der Waals surface area contributed by atoms with Gasteiger partial charge in [-0.15, -0.1) is 11.6 Å². The Morgan fingerprint density at radius 3 is 2.12 bits per heavy atom. The smallest absolute Gasteiger partial charge is 0.112 e. The lowest BCUT2D eigenvalue weighted by molar-refractivity contribution is 1.77. The largest absolute Gasteiger partial charge is 0.137 e. The molecule has 40 valence electrons. The van der Waals surface area contributed by atoms with E-state index >= 15 is 0 Å². The van der Waals surface area contributed by atoms with Crippen LogP contribution in [0.15, 0.2) is 30.3 Å². The van der Waals surface area contributed by atoms with Crippen molar-refractivity contribution in [3.8, 4) is 0 Å². The Morgan fingerprint density at radius 1 is 1.12 bits per heavy atom. The Balaban J connectivity index is 2.99. The van der Waals surface area contributed by atoms with Crippen molar-refractivity contribution in [3.05, 3.63) is 30.3 Å². The van der Waals surface area contributed by atoms with Crippen LogP contribution in [-0.2, 0) is 0 Å². The van der Waals surface area contributed by atoms with Gasteiger partial charge in [0, 0.05) is 0 Å². The Kier molecular flexibility index (Phi) is 2.06. The van der Waals surface area contributed by atoms with Crippen LogP contribution in [-0.4, -0.2) is 8.23 Å². The summed E-state index contributed by atoms with van der Waals surface area (Å²) in [5, 5.41) is 1.31. The van der Waals surface area contributed by atoms with Gasteiger partial charge in [-0.3, -0.25) is 0 Å². The lowest BCUT2D eigenvalue weighted by Crippen LogP contribution is -2.01. The fourth-order valence-electron chi connectivity index (χ4n) is 0.532. The van der Waals surface area contributed by atoms with Crippen molar-refractivity contribution >= 4 is 25.0 Å². The molecule has 0 heterocycles. The summed E-state index contributed by atoms with van der Waals surface area (Å²) in [5.41, 5.74) is 0. The Bertz CT molecular complexity index is 171. The van der Waals surface area contributed by atoms with E-state index in [1.165, 1.54) is 5.19 Å². The van der Waals surface area contributed by atoms with E-state index in [0.717, 1.165) is 0 Å². The molecule has 0 aromatic heterocycles. The molecule has 8 heavy (non-hydrogen) atoms. The standard InChI is InChI=1S/C6H6SSi/c7-8-6-4-2-1-3-5-6/h1-5,8H. The zero-order chi connectivity index (χ0) is 5.82. The van der Waals surface area contributed by atoms with Crippen molar-refractivity contribution < 1.29 is 0 Å². The molecule has 1 rings (SSSR count). The van der Waals surface area contributed by atoms with Crippen LogP contribution >= 0.6 is 11.6 Å². The van der Waals surface area contributed by atoms with Crippen LogP contribution in [0.2, 0.25) is 0 Å². The Morgan fingerprint density at radius 2 is 1.75 bits per heavy atom. The predicted octanol–water partition coefficient (Wildman–Crippen LogP) is 0.861. The van der Waals surface area contributed by atoms with Gasteiger partial charge in [0.2, 0.25) is 0 Å². The van der Waals surface area contributed by atoms with Crippen molar-refractivity contribution in [2.45, 2.75) is 0 Å². The maximum Gasteiger partial charge on any atom is 0.112 e. The second-order valence-electron chi connectivity index (χ2n) is 1.53. The SMILES string of the molecule is S=[SiH]c1ccccc1. The minimum atomic E-state index is 0.0940. The normalized spacial score (nSPS) is 8.50. The third-order valence-corrected chi connectivity index (χ3v) is 2.41. The maximum atomic E-state index is 4.90. The molecule has 0 bridgehead atoms. The third-order valence-electron chi connectivity index (χ3n) is 0.936. The summed E-state index contributed by atoms with van der Waals surface area (Å²) >= 11 is 4.90. The number of rotatable bonds is 1. The summed E-state index contributed by atoms with van der Waals surface area (Å²) in [6.07, 6.45) is 0. The highest BCUT2D eigenvalue weighted by molar-refractivity contribution is 7.87. The van der Waals surface area contributed by atoms with Crippen LogP contribution in [0, 0.1) is 0 Å². The fraction of sp³-hybridized carbons (Fsp3) is 0. The third kappa shape index (κ3) is 1.32. The van der Waals surface area contributed by atoms with E-state index in [9.17, 15) is 0 Å². The molecule has 0 spiro atoms. The first-order valence-corrected chi connectivity index (χ1v) is 4.90. The lowest BCUT2D eigenvalue weighted by atomic mass is 10.4. The molecule has 0 unspecified atom stereocenters. The molecule has 0 aliphatic rings. The van der Waals surface area contributed by atoms with Gasteiger partial charge in [0.15, 0.2) is 0 Å². The molecule has 0 aliphatic carbocycles. The van der Waals surface area contributed by atoms with Crippen LogP contribution < -0.4 is 5.19 Å². The average Bonchev–Trinajstić information content (AvgIpc) is 1.90. The van der Waals surface area contributed by atoms with E-state index in [4.69, 9.17) is 11.6 Å². The highest BCUT2D eigenvalue weighted by Gasteiger charge is 1.77. The van der Waals surface area contributed by atoms with Crippen LogP contribution in [0.25, 0.3) is 0 Å². The predicted molar refractivity (Wildman–Crippen MR) is 40.8 cm³/mol. The molecule has 0 nitrogen and oxygen atoms in total. The molecule has 2 heteroatoms. The zero-order valence-electron chi connectivity index (χ0n) is 4.37. The summed E-state index contributed by atoms with van der Waals surface area (Å²) in [6, 6.07) is 10.2. The van der Waals surface area contributed by atoms with Crippen LogP contribution in [0.5, 0.6) is 0 Å². The summed E-state index contributed by atoms with van der Waals surface area (Å²) in [7, 11) is 0.0940. The van der Waals surface area contributed by atoms with E-state index in [1.54, 1.807) is 0 Å². The molecule has 0 saturated carbocycles. The van der Waals surface area contributed by atoms with Gasteiger partial charge in [-0.1, -0.05) is 30.3 Å². The summed E-state index contributed by atoms with van der Waals surface area (Å²) in [6.45, 7) is 0. The molecule has 0 fully saturated rings. The Hall–Kier alpha value is -0.343. The van der Waals surface area contributed by atoms with Gasteiger partial charge in [0.05, 0.1) is 0 Å². The summed E-state index contributed by atoms with van der Waals surface area (Å²) < 4.78 is 0. The van der Waals surface area contributed by atoms with Crippen LogP contribution in [0.3, 0.4) is 0 Å². The maximum absolute atomic E-state index is 4.90. The monoisotopic (exact) mass is 138 g/mol. The van der Waals surface area contributed by atoms with Gasteiger partial charge in [-0.25, -0.2) is 0 Å². The highest BCUT2D eigenvalue weighted by Crippen LogP contribution is 1.78. The van der Waals surface area contributed by atoms with Crippen molar-refractivity contribution in [2.24, 2.45) is 0 Å². The second-order valence-corrected chi connectivity index (χ2v) is 3.14. The van der Waals surface area contributed by atoms with Crippen molar-refractivity contribution in [1.29, 1.82) is 0 Å². The van der Waals surface area contributed by atoms with Gasteiger partial charge in [0.25, 0.3) is 0 Å². The molecule has 0 saturated heterocycles. The van der Waals surface area contributed by atoms with Gasteiger partial charge in [-0.2, -0.15) is 0 Å². The molecule has 0 amide bonds. The number of hydrogen-bond donors (Lipinski definition) is 0. The topological polar surface area (TPSA) is 0 Å². The molecule has 0 aliphatic heterocycles. The molecule has 0 radical (unpaired) electrons. The van der Waals surface area contributed by atoms with E-state index < -0.39 is 0 Å². The van der Waals surface area contributed by atoms with Crippen LogP contribution in [0.1, 0.15) is 0 Å². The van der Waals surface area contributed by atoms with E-state index in [1.807, 2.05) is 18.2 Å². The number of benzene rings is 1. The first-order valence-electron chi connectivity index (χ1n) is 2.44. The average molecular weight is 138 g/mol. The lowest BCUT2D eigenvalue weighted by Gasteiger charge is -1.83. The summed E-state index contributed by atoms with van der Waals surface area (Å²) in [5.74, 6) is 0. The molecule has 0 atom stereocenters. The molecular formula is C6H6SSi. The van der Waals surface area contributed by atoms with Gasteiger partial charge in [-0.05, 0) is 5.19 Å². The minimum Gasteiger partial charge on any atom is -0.137 e. The minimum absolute atomic E-state index is 0.0940. The highest BCUT2D eigenvalue weighted by atomic mass is 32.2.